The van der Waals surface area contributed by atoms with Gasteiger partial charge in [0.2, 0.25) is 5.89 Å². The average Bonchev–Trinajstić information content (AvgIpc) is 2.95. The highest BCUT2D eigenvalue weighted by atomic mass is 32.2. The van der Waals surface area contributed by atoms with Gasteiger partial charge in [0, 0.05) is 11.3 Å². The second-order valence-electron chi connectivity index (χ2n) is 5.47. The molecule has 1 saturated heterocycles. The molecule has 2 N–H and O–H groups in total. The Kier molecular flexibility index (Phi) is 4.22. The lowest BCUT2D eigenvalue weighted by Gasteiger charge is -2.30. The Bertz CT molecular complexity index is 678. The average molecular weight is 318 g/mol. The van der Waals surface area contributed by atoms with Crippen LogP contribution in [-0.2, 0) is 4.79 Å². The summed E-state index contributed by atoms with van der Waals surface area (Å²) in [6.45, 7) is 1.86. The normalized spacial score (nSPS) is 17.2. The van der Waals surface area contributed by atoms with Crippen LogP contribution >= 0.6 is 11.8 Å². The summed E-state index contributed by atoms with van der Waals surface area (Å²) in [4.78, 5) is 16.6. The zero-order chi connectivity index (χ0) is 15.6. The number of carbonyl (C=O) groups is 1. The van der Waals surface area contributed by atoms with Gasteiger partial charge in [0.25, 0.3) is 5.91 Å². The van der Waals surface area contributed by atoms with E-state index < -0.39 is 5.60 Å². The van der Waals surface area contributed by atoms with Crippen LogP contribution in [0.5, 0.6) is 0 Å². The first-order chi connectivity index (χ1) is 10.6. The lowest BCUT2D eigenvalue weighted by atomic mass is 9.95. The second-order valence-corrected chi connectivity index (χ2v) is 6.70. The SMILES string of the molecule is Cc1coc(-c2cccc(NC(=O)C3(O)CCSCC3)c2)n1. The number of aryl methyl sites for hydroxylation is 1. The molecular weight excluding hydrogens is 300 g/mol. The van der Waals surface area contributed by atoms with Crippen LogP contribution in [0.4, 0.5) is 5.69 Å². The van der Waals surface area contributed by atoms with Gasteiger partial charge in [-0.3, -0.25) is 4.79 Å². The van der Waals surface area contributed by atoms with Crippen molar-refractivity contribution in [3.8, 4) is 11.5 Å². The molecule has 2 aromatic rings. The number of hydrogen-bond donors (Lipinski definition) is 2. The predicted octanol–water partition coefficient (Wildman–Crippen LogP) is 2.85. The zero-order valence-corrected chi connectivity index (χ0v) is 13.2. The van der Waals surface area contributed by atoms with Gasteiger partial charge < -0.3 is 14.8 Å². The number of thioether (sulfide) groups is 1. The Labute approximate surface area is 133 Å². The van der Waals surface area contributed by atoms with Crippen molar-refractivity contribution >= 4 is 23.4 Å². The predicted molar refractivity (Wildman–Crippen MR) is 86.8 cm³/mol. The quantitative estimate of drug-likeness (QED) is 0.910. The number of benzene rings is 1. The van der Waals surface area contributed by atoms with Crippen molar-refractivity contribution in [3.63, 3.8) is 0 Å². The molecule has 0 atom stereocenters. The van der Waals surface area contributed by atoms with Crippen molar-refractivity contribution < 1.29 is 14.3 Å². The van der Waals surface area contributed by atoms with Gasteiger partial charge in [0.15, 0.2) is 0 Å². The minimum absolute atomic E-state index is 0.339. The van der Waals surface area contributed by atoms with Crippen molar-refractivity contribution in [2.24, 2.45) is 0 Å². The van der Waals surface area contributed by atoms with Crippen LogP contribution in [0, 0.1) is 6.92 Å². The molecule has 0 saturated carbocycles. The highest BCUT2D eigenvalue weighted by Crippen LogP contribution is 2.29. The van der Waals surface area contributed by atoms with Crippen LogP contribution in [0.3, 0.4) is 0 Å². The largest absolute Gasteiger partial charge is 0.444 e. The summed E-state index contributed by atoms with van der Waals surface area (Å²) in [5.74, 6) is 1.79. The van der Waals surface area contributed by atoms with E-state index in [1.807, 2.05) is 19.1 Å². The first kappa shape index (κ1) is 15.1. The maximum Gasteiger partial charge on any atom is 0.256 e. The molecule has 1 fully saturated rings. The summed E-state index contributed by atoms with van der Waals surface area (Å²) >= 11 is 1.76. The van der Waals surface area contributed by atoms with Crippen molar-refractivity contribution in [2.75, 3.05) is 16.8 Å². The standard InChI is InChI=1S/C16H18N2O3S/c1-11-10-21-14(17-11)12-3-2-4-13(9-12)18-15(19)16(20)5-7-22-8-6-16/h2-4,9-10,20H,5-8H2,1H3,(H,18,19). The second kappa shape index (κ2) is 6.14. The fourth-order valence-corrected chi connectivity index (χ4v) is 3.57. The molecule has 0 bridgehead atoms. The Hall–Kier alpha value is -1.79. The van der Waals surface area contributed by atoms with Gasteiger partial charge in [-0.05, 0) is 49.5 Å². The monoisotopic (exact) mass is 318 g/mol. The summed E-state index contributed by atoms with van der Waals surface area (Å²) in [6, 6.07) is 7.28. The fourth-order valence-electron chi connectivity index (χ4n) is 2.40. The van der Waals surface area contributed by atoms with Crippen LogP contribution in [0.25, 0.3) is 11.5 Å². The summed E-state index contributed by atoms with van der Waals surface area (Å²) in [5, 5.41) is 13.2. The van der Waals surface area contributed by atoms with Crippen LogP contribution in [-0.4, -0.2) is 33.1 Å². The number of amides is 1. The molecule has 2 heterocycles. The van der Waals surface area contributed by atoms with Gasteiger partial charge >= 0.3 is 0 Å². The van der Waals surface area contributed by atoms with Gasteiger partial charge in [0.1, 0.15) is 11.9 Å². The van der Waals surface area contributed by atoms with Crippen molar-refractivity contribution in [3.05, 3.63) is 36.2 Å². The maximum absolute atomic E-state index is 12.3. The molecule has 1 aromatic carbocycles. The van der Waals surface area contributed by atoms with Gasteiger partial charge in [-0.2, -0.15) is 11.8 Å². The minimum atomic E-state index is -1.26. The molecule has 6 heteroatoms. The Morgan fingerprint density at radius 3 is 2.86 bits per heavy atom. The summed E-state index contributed by atoms with van der Waals surface area (Å²) in [6.07, 6.45) is 2.56. The number of oxazole rings is 1. The summed E-state index contributed by atoms with van der Waals surface area (Å²) in [7, 11) is 0. The highest BCUT2D eigenvalue weighted by molar-refractivity contribution is 7.99. The number of aromatic nitrogens is 1. The van der Waals surface area contributed by atoms with Gasteiger partial charge in [-0.1, -0.05) is 6.07 Å². The smallest absolute Gasteiger partial charge is 0.256 e. The van der Waals surface area contributed by atoms with Gasteiger partial charge in [-0.25, -0.2) is 4.98 Å². The van der Waals surface area contributed by atoms with E-state index in [0.717, 1.165) is 22.8 Å². The molecule has 0 radical (unpaired) electrons. The number of nitrogens with one attached hydrogen (secondary N) is 1. The highest BCUT2D eigenvalue weighted by Gasteiger charge is 2.37. The van der Waals surface area contributed by atoms with E-state index in [9.17, 15) is 9.90 Å². The maximum atomic E-state index is 12.3. The topological polar surface area (TPSA) is 75.4 Å². The molecule has 0 unspecified atom stereocenters. The summed E-state index contributed by atoms with van der Waals surface area (Å²) < 4.78 is 5.37. The number of hydrogen-bond acceptors (Lipinski definition) is 5. The Morgan fingerprint density at radius 1 is 1.41 bits per heavy atom. The first-order valence-electron chi connectivity index (χ1n) is 7.21. The van der Waals surface area contributed by atoms with E-state index in [0.29, 0.717) is 24.4 Å². The lowest BCUT2D eigenvalue weighted by molar-refractivity contribution is -0.134. The van der Waals surface area contributed by atoms with Crippen LogP contribution in [0.15, 0.2) is 34.9 Å². The number of carbonyl (C=O) groups excluding carboxylic acids is 1. The number of nitrogens with zero attached hydrogens (tertiary/aromatic N) is 1. The molecule has 22 heavy (non-hydrogen) atoms. The van der Waals surface area contributed by atoms with E-state index in [4.69, 9.17) is 4.42 Å². The first-order valence-corrected chi connectivity index (χ1v) is 8.36. The summed E-state index contributed by atoms with van der Waals surface area (Å²) in [5.41, 5.74) is 0.960. The molecule has 5 nitrogen and oxygen atoms in total. The molecule has 116 valence electrons. The van der Waals surface area contributed by atoms with Crippen molar-refractivity contribution in [2.45, 2.75) is 25.4 Å². The molecule has 0 aliphatic carbocycles. The number of anilines is 1. The minimum Gasteiger partial charge on any atom is -0.444 e. The third-order valence-corrected chi connectivity index (χ3v) is 4.71. The van der Waals surface area contributed by atoms with Crippen LogP contribution < -0.4 is 5.32 Å². The molecule has 1 aliphatic rings. The van der Waals surface area contributed by atoms with Crippen molar-refractivity contribution in [1.29, 1.82) is 0 Å². The number of aliphatic hydroxyl groups is 1. The Balaban J connectivity index is 1.76. The van der Waals surface area contributed by atoms with Crippen LogP contribution in [0.2, 0.25) is 0 Å². The van der Waals surface area contributed by atoms with E-state index in [1.165, 1.54) is 0 Å². The third kappa shape index (κ3) is 3.18. The molecule has 3 rings (SSSR count). The Morgan fingerprint density at radius 2 is 2.18 bits per heavy atom. The van der Waals surface area contributed by atoms with E-state index >= 15 is 0 Å². The van der Waals surface area contributed by atoms with Gasteiger partial charge in [0.05, 0.1) is 5.69 Å². The zero-order valence-electron chi connectivity index (χ0n) is 12.3. The van der Waals surface area contributed by atoms with E-state index in [1.54, 1.807) is 30.2 Å². The van der Waals surface area contributed by atoms with Crippen LogP contribution in [0.1, 0.15) is 18.5 Å². The molecular formula is C16H18N2O3S. The molecule has 1 amide bonds. The van der Waals surface area contributed by atoms with E-state index in [-0.39, 0.29) is 5.91 Å². The van der Waals surface area contributed by atoms with E-state index in [2.05, 4.69) is 10.3 Å². The fraction of sp³-hybridized carbons (Fsp3) is 0.375. The molecule has 1 aromatic heterocycles. The lowest BCUT2D eigenvalue weighted by Crippen LogP contribution is -2.45. The van der Waals surface area contributed by atoms with Crippen molar-refractivity contribution in [1.82, 2.24) is 4.98 Å². The van der Waals surface area contributed by atoms with Gasteiger partial charge in [-0.15, -0.1) is 0 Å². The third-order valence-electron chi connectivity index (χ3n) is 3.73. The molecule has 1 aliphatic heterocycles. The number of rotatable bonds is 3. The molecule has 0 spiro atoms.